The Hall–Kier alpha value is -2.54. The maximum Gasteiger partial charge on any atom is 0.265 e. The van der Waals surface area contributed by atoms with Crippen LogP contribution in [0.25, 0.3) is 10.9 Å². The monoisotopic (exact) mass is 303 g/mol. The van der Waals surface area contributed by atoms with Crippen LogP contribution in [0.1, 0.15) is 0 Å². The number of hydrogen-bond acceptors (Lipinski definition) is 4. The zero-order valence-corrected chi connectivity index (χ0v) is 12.0. The second-order valence-corrected chi connectivity index (χ2v) is 6.04. The number of H-pyrrole nitrogens is 1. The zero-order valence-electron chi connectivity index (χ0n) is 11.2. The minimum Gasteiger partial charge on any atom is -0.495 e. The number of ether oxygens (including phenoxy) is 1. The molecule has 0 aliphatic heterocycles. The molecule has 7 heteroatoms. The lowest BCUT2D eigenvalue weighted by atomic mass is 10.2. The number of rotatable bonds is 4. The van der Waals surface area contributed by atoms with E-state index in [0.29, 0.717) is 16.8 Å². The number of aromatic amines is 1. The summed E-state index contributed by atoms with van der Waals surface area (Å²) in [5.41, 5.74) is 1.22. The first-order valence-corrected chi connectivity index (χ1v) is 7.68. The van der Waals surface area contributed by atoms with Gasteiger partial charge < -0.3 is 4.74 Å². The Morgan fingerprint density at radius 1 is 1.14 bits per heavy atom. The van der Waals surface area contributed by atoms with E-state index in [0.717, 1.165) is 5.52 Å². The van der Waals surface area contributed by atoms with Gasteiger partial charge in [0.25, 0.3) is 10.0 Å². The summed E-state index contributed by atoms with van der Waals surface area (Å²) in [5.74, 6) is 0.296. The van der Waals surface area contributed by atoms with Gasteiger partial charge in [0.05, 0.1) is 24.5 Å². The van der Waals surface area contributed by atoms with E-state index in [1.165, 1.54) is 13.2 Å². The minimum atomic E-state index is -3.74. The van der Waals surface area contributed by atoms with Crippen molar-refractivity contribution in [2.24, 2.45) is 0 Å². The van der Waals surface area contributed by atoms with Crippen LogP contribution in [0.5, 0.6) is 5.75 Å². The molecular weight excluding hydrogens is 290 g/mol. The Morgan fingerprint density at radius 3 is 2.76 bits per heavy atom. The fourth-order valence-corrected chi connectivity index (χ4v) is 3.35. The zero-order chi connectivity index (χ0) is 14.9. The average molecular weight is 303 g/mol. The molecule has 0 bridgehead atoms. The Bertz CT molecular complexity index is 887. The number of aromatic nitrogens is 2. The van der Waals surface area contributed by atoms with Crippen LogP contribution in [0.15, 0.2) is 53.6 Å². The normalized spacial score (nSPS) is 11.5. The summed E-state index contributed by atoms with van der Waals surface area (Å²) in [6.07, 6.45) is 1.58. The molecule has 0 fully saturated rings. The Kier molecular flexibility index (Phi) is 3.26. The smallest absolute Gasteiger partial charge is 0.265 e. The molecule has 1 aromatic heterocycles. The number of sulfonamides is 1. The van der Waals surface area contributed by atoms with Crippen molar-refractivity contribution in [2.75, 3.05) is 11.8 Å². The van der Waals surface area contributed by atoms with Crippen molar-refractivity contribution in [3.8, 4) is 5.75 Å². The number of para-hydroxylation sites is 1. The van der Waals surface area contributed by atoms with Gasteiger partial charge in [-0.15, -0.1) is 0 Å². The van der Waals surface area contributed by atoms with E-state index < -0.39 is 10.0 Å². The maximum atomic E-state index is 12.5. The van der Waals surface area contributed by atoms with Gasteiger partial charge in [-0.05, 0) is 24.3 Å². The molecule has 0 unspecified atom stereocenters. The molecule has 1 heterocycles. The molecule has 3 rings (SSSR count). The van der Waals surface area contributed by atoms with Crippen LogP contribution in [0.4, 0.5) is 5.69 Å². The lowest BCUT2D eigenvalue weighted by Gasteiger charge is -2.11. The van der Waals surface area contributed by atoms with Gasteiger partial charge in [0, 0.05) is 5.39 Å². The van der Waals surface area contributed by atoms with E-state index in [9.17, 15) is 8.42 Å². The van der Waals surface area contributed by atoms with E-state index in [2.05, 4.69) is 14.9 Å². The fraction of sp³-hybridized carbons (Fsp3) is 0.0714. The highest BCUT2D eigenvalue weighted by Crippen LogP contribution is 2.28. The molecule has 0 atom stereocenters. The third kappa shape index (κ3) is 2.43. The molecule has 21 heavy (non-hydrogen) atoms. The Balaban J connectivity index is 2.06. The number of nitrogens with one attached hydrogen (secondary N) is 2. The molecule has 2 aromatic carbocycles. The third-order valence-electron chi connectivity index (χ3n) is 3.09. The summed E-state index contributed by atoms with van der Waals surface area (Å²) in [6, 6.07) is 11.7. The van der Waals surface area contributed by atoms with E-state index in [4.69, 9.17) is 4.74 Å². The van der Waals surface area contributed by atoms with Crippen LogP contribution in [0, 0.1) is 0 Å². The largest absolute Gasteiger partial charge is 0.495 e. The highest BCUT2D eigenvalue weighted by atomic mass is 32.2. The van der Waals surface area contributed by atoms with Crippen LogP contribution >= 0.6 is 0 Å². The second kappa shape index (κ2) is 5.10. The van der Waals surface area contributed by atoms with Crippen molar-refractivity contribution in [3.63, 3.8) is 0 Å². The molecule has 2 N–H and O–H groups in total. The van der Waals surface area contributed by atoms with Crippen LogP contribution in [-0.4, -0.2) is 25.7 Å². The van der Waals surface area contributed by atoms with Crippen molar-refractivity contribution < 1.29 is 13.2 Å². The van der Waals surface area contributed by atoms with Crippen LogP contribution < -0.4 is 9.46 Å². The first-order chi connectivity index (χ1) is 10.1. The van der Waals surface area contributed by atoms with E-state index >= 15 is 0 Å². The van der Waals surface area contributed by atoms with Crippen LogP contribution in [-0.2, 0) is 10.0 Å². The van der Waals surface area contributed by atoms with Gasteiger partial charge in [0.1, 0.15) is 10.6 Å². The predicted octanol–water partition coefficient (Wildman–Crippen LogP) is 2.37. The number of methoxy groups -OCH3 is 1. The summed E-state index contributed by atoms with van der Waals surface area (Å²) in [7, 11) is -2.31. The molecule has 6 nitrogen and oxygen atoms in total. The fourth-order valence-electron chi connectivity index (χ4n) is 2.10. The Labute approximate surface area is 121 Å². The van der Waals surface area contributed by atoms with Gasteiger partial charge in [0.15, 0.2) is 0 Å². The van der Waals surface area contributed by atoms with E-state index in [1.54, 1.807) is 36.5 Å². The number of anilines is 1. The van der Waals surface area contributed by atoms with Gasteiger partial charge in [-0.3, -0.25) is 9.82 Å². The summed E-state index contributed by atoms with van der Waals surface area (Å²) in [5, 5.41) is 7.42. The lowest BCUT2D eigenvalue weighted by Crippen LogP contribution is -2.14. The van der Waals surface area contributed by atoms with Gasteiger partial charge >= 0.3 is 0 Å². The molecule has 0 aliphatic rings. The molecular formula is C14H13N3O3S. The van der Waals surface area contributed by atoms with Gasteiger partial charge in [-0.25, -0.2) is 8.42 Å². The molecule has 0 aliphatic carbocycles. The lowest BCUT2D eigenvalue weighted by molar-refractivity contribution is 0.403. The number of fused-ring (bicyclic) bond motifs is 1. The molecule has 3 aromatic rings. The molecule has 0 spiro atoms. The van der Waals surface area contributed by atoms with Gasteiger partial charge in [-0.2, -0.15) is 5.10 Å². The van der Waals surface area contributed by atoms with Crippen molar-refractivity contribution >= 4 is 26.6 Å². The van der Waals surface area contributed by atoms with Crippen LogP contribution in [0.2, 0.25) is 0 Å². The number of hydrogen-bond donors (Lipinski definition) is 2. The predicted molar refractivity (Wildman–Crippen MR) is 79.9 cm³/mol. The van der Waals surface area contributed by atoms with Crippen molar-refractivity contribution in [2.45, 2.75) is 4.90 Å². The van der Waals surface area contributed by atoms with Gasteiger partial charge in [-0.1, -0.05) is 18.2 Å². The summed E-state index contributed by atoms with van der Waals surface area (Å²) in [4.78, 5) is 0.0907. The molecule has 0 saturated carbocycles. The quantitative estimate of drug-likeness (QED) is 0.775. The van der Waals surface area contributed by atoms with Gasteiger partial charge in [0.2, 0.25) is 0 Å². The van der Waals surface area contributed by atoms with Crippen molar-refractivity contribution in [1.82, 2.24) is 10.2 Å². The van der Waals surface area contributed by atoms with Crippen molar-refractivity contribution in [1.29, 1.82) is 0 Å². The number of benzene rings is 2. The summed E-state index contributed by atoms with van der Waals surface area (Å²) < 4.78 is 32.7. The van der Waals surface area contributed by atoms with E-state index in [-0.39, 0.29) is 4.90 Å². The average Bonchev–Trinajstić information content (AvgIpc) is 2.96. The number of nitrogens with zero attached hydrogens (tertiary/aromatic N) is 1. The van der Waals surface area contributed by atoms with E-state index in [1.807, 2.05) is 6.07 Å². The third-order valence-corrected chi connectivity index (χ3v) is 4.49. The highest BCUT2D eigenvalue weighted by Gasteiger charge is 2.20. The molecule has 0 saturated heterocycles. The maximum absolute atomic E-state index is 12.5. The molecule has 0 radical (unpaired) electrons. The van der Waals surface area contributed by atoms with Crippen molar-refractivity contribution in [3.05, 3.63) is 48.7 Å². The summed E-state index contributed by atoms with van der Waals surface area (Å²) >= 11 is 0. The summed E-state index contributed by atoms with van der Waals surface area (Å²) in [6.45, 7) is 0. The molecule has 108 valence electrons. The SMILES string of the molecule is COc1ccccc1S(=O)(=O)Nc1cccc2[nH]ncc12. The molecule has 0 amide bonds. The topological polar surface area (TPSA) is 84.1 Å². The first-order valence-electron chi connectivity index (χ1n) is 6.20. The highest BCUT2D eigenvalue weighted by molar-refractivity contribution is 7.92. The van der Waals surface area contributed by atoms with Crippen LogP contribution in [0.3, 0.4) is 0 Å². The first kappa shape index (κ1) is 13.4. The second-order valence-electron chi connectivity index (χ2n) is 4.39. The standard InChI is InChI=1S/C14H13N3O3S/c1-20-13-7-2-3-8-14(13)21(18,19)17-12-6-4-5-11-10(12)9-15-16-11/h2-9,17H,1H3,(H,15,16). The minimum absolute atomic E-state index is 0.0907. The Morgan fingerprint density at radius 2 is 1.95 bits per heavy atom.